The summed E-state index contributed by atoms with van der Waals surface area (Å²) in [6, 6.07) is 11.4. The average Bonchev–Trinajstić information content (AvgIpc) is 3.13. The second-order valence-electron chi connectivity index (χ2n) is 9.99. The first-order chi connectivity index (χ1) is 19.2. The van der Waals surface area contributed by atoms with E-state index in [-0.39, 0.29) is 11.6 Å². The predicted molar refractivity (Wildman–Crippen MR) is 157 cm³/mol. The van der Waals surface area contributed by atoms with E-state index in [1.807, 2.05) is 18.2 Å². The molecule has 15 heteroatoms. The van der Waals surface area contributed by atoms with Gasteiger partial charge in [-0.3, -0.25) is 13.9 Å². The van der Waals surface area contributed by atoms with Crippen LogP contribution in [0.4, 0.5) is 5.82 Å². The maximum atomic E-state index is 14.1. The van der Waals surface area contributed by atoms with Crippen LogP contribution in [-0.2, 0) is 23.4 Å². The highest BCUT2D eigenvalue weighted by atomic mass is 79.9. The number of carbonyl (C=O) groups excluding carboxylic acids is 1. The number of fused-ring (bicyclic) bond motifs is 1. The zero-order valence-corrected chi connectivity index (χ0v) is 25.9. The standard InChI is InChI=1S/C26H31BrClN4O8P/c1-14(2)38-23(34)15(3)31-41(36,40-19-11-7-9-16-8-5-6-10-17(16)19)37-13-20-21(33)26(4,28)24(39-20)32-12-18(27)22(29)30-25(32)35/h5-12,14-15,20-21,24,33H,13H2,1-4H3,(H,31,36)(H2,29,30,35). The van der Waals surface area contributed by atoms with Crippen molar-refractivity contribution in [2.45, 2.75) is 63.2 Å². The van der Waals surface area contributed by atoms with Gasteiger partial charge in [-0.05, 0) is 55.1 Å². The molecule has 222 valence electrons. The average molecular weight is 674 g/mol. The fraction of sp³-hybridized carbons (Fsp3) is 0.423. The number of aliphatic hydroxyl groups excluding tert-OH is 1. The van der Waals surface area contributed by atoms with Crippen LogP contribution in [0.2, 0.25) is 0 Å². The van der Waals surface area contributed by atoms with E-state index in [9.17, 15) is 19.3 Å². The van der Waals surface area contributed by atoms with Crippen molar-refractivity contribution in [3.8, 4) is 5.75 Å². The molecule has 1 aliphatic rings. The van der Waals surface area contributed by atoms with Crippen molar-refractivity contribution in [3.05, 3.63) is 63.6 Å². The highest BCUT2D eigenvalue weighted by Gasteiger charge is 2.54. The number of nitrogens with zero attached hydrogens (tertiary/aromatic N) is 2. The molecule has 6 unspecified atom stereocenters. The third-order valence-electron chi connectivity index (χ3n) is 6.34. The van der Waals surface area contributed by atoms with Crippen molar-refractivity contribution in [3.63, 3.8) is 0 Å². The Morgan fingerprint density at radius 1 is 1.29 bits per heavy atom. The first kappa shape index (κ1) is 31.4. The number of esters is 1. The van der Waals surface area contributed by atoms with Crippen molar-refractivity contribution in [2.24, 2.45) is 0 Å². The Kier molecular flexibility index (Phi) is 9.49. The molecule has 0 saturated carbocycles. The summed E-state index contributed by atoms with van der Waals surface area (Å²) in [5, 5.41) is 15.1. The van der Waals surface area contributed by atoms with Gasteiger partial charge in [0.2, 0.25) is 0 Å². The quantitative estimate of drug-likeness (QED) is 0.161. The van der Waals surface area contributed by atoms with Crippen LogP contribution < -0.4 is 21.0 Å². The fourth-order valence-electron chi connectivity index (χ4n) is 4.27. The van der Waals surface area contributed by atoms with Gasteiger partial charge < -0.3 is 24.8 Å². The van der Waals surface area contributed by atoms with E-state index in [2.05, 4.69) is 26.0 Å². The molecular formula is C26H31BrClN4O8P. The monoisotopic (exact) mass is 672 g/mol. The molecule has 6 atom stereocenters. The van der Waals surface area contributed by atoms with Gasteiger partial charge in [-0.2, -0.15) is 10.1 Å². The lowest BCUT2D eigenvalue weighted by Gasteiger charge is -2.27. The topological polar surface area (TPSA) is 164 Å². The normalized spacial score (nSPS) is 24.7. The van der Waals surface area contributed by atoms with Crippen molar-refractivity contribution in [1.82, 2.24) is 14.6 Å². The molecule has 1 saturated heterocycles. The third-order valence-corrected chi connectivity index (χ3v) is 8.99. The third kappa shape index (κ3) is 6.94. The molecule has 0 radical (unpaired) electrons. The number of aliphatic hydroxyl groups is 1. The van der Waals surface area contributed by atoms with E-state index in [0.29, 0.717) is 9.86 Å². The minimum Gasteiger partial charge on any atom is -0.462 e. The van der Waals surface area contributed by atoms with Crippen LogP contribution in [0, 0.1) is 0 Å². The van der Waals surface area contributed by atoms with Crippen molar-refractivity contribution < 1.29 is 33.0 Å². The number of nitrogens with two attached hydrogens (primary N) is 1. The number of nitrogens with one attached hydrogen (secondary N) is 1. The first-order valence-electron chi connectivity index (χ1n) is 12.7. The van der Waals surface area contributed by atoms with Crippen LogP contribution in [0.3, 0.4) is 0 Å². The number of hydrogen-bond donors (Lipinski definition) is 3. The van der Waals surface area contributed by atoms with Crippen LogP contribution >= 0.6 is 35.3 Å². The number of halogens is 2. The van der Waals surface area contributed by atoms with Gasteiger partial charge in [-0.25, -0.2) is 9.36 Å². The van der Waals surface area contributed by atoms with E-state index in [1.165, 1.54) is 20.0 Å². The Hall–Kier alpha value is -2.51. The summed E-state index contributed by atoms with van der Waals surface area (Å²) in [5.41, 5.74) is 4.94. The summed E-state index contributed by atoms with van der Waals surface area (Å²) < 4.78 is 38.3. The van der Waals surface area contributed by atoms with Crippen LogP contribution in [0.5, 0.6) is 5.75 Å². The van der Waals surface area contributed by atoms with E-state index in [1.54, 1.807) is 38.1 Å². The zero-order valence-electron chi connectivity index (χ0n) is 22.7. The van der Waals surface area contributed by atoms with Gasteiger partial charge in [0.15, 0.2) is 6.23 Å². The molecule has 1 fully saturated rings. The second-order valence-corrected chi connectivity index (χ2v) is 13.3. The highest BCUT2D eigenvalue weighted by Crippen LogP contribution is 2.49. The Bertz CT molecular complexity index is 1530. The van der Waals surface area contributed by atoms with E-state index in [4.69, 9.17) is 35.9 Å². The minimum absolute atomic E-state index is 0.0244. The summed E-state index contributed by atoms with van der Waals surface area (Å²) in [6.07, 6.45) is -2.78. The van der Waals surface area contributed by atoms with E-state index < -0.39 is 61.5 Å². The number of carbonyl (C=O) groups is 1. The molecule has 2 heterocycles. The molecule has 0 aliphatic carbocycles. The van der Waals surface area contributed by atoms with E-state index in [0.717, 1.165) is 9.95 Å². The molecular weight excluding hydrogens is 643 g/mol. The largest absolute Gasteiger partial charge is 0.462 e. The molecule has 41 heavy (non-hydrogen) atoms. The Balaban J connectivity index is 1.60. The maximum Gasteiger partial charge on any atom is 0.459 e. The molecule has 1 aromatic heterocycles. The highest BCUT2D eigenvalue weighted by molar-refractivity contribution is 9.10. The lowest BCUT2D eigenvalue weighted by atomic mass is 10.0. The molecule has 0 bridgehead atoms. The molecule has 4 rings (SSSR count). The van der Waals surface area contributed by atoms with Gasteiger partial charge in [-0.1, -0.05) is 36.4 Å². The smallest absolute Gasteiger partial charge is 0.459 e. The first-order valence-corrected chi connectivity index (χ1v) is 15.4. The molecule has 0 amide bonds. The Morgan fingerprint density at radius 3 is 2.68 bits per heavy atom. The molecule has 3 aromatic rings. The van der Waals surface area contributed by atoms with Gasteiger partial charge in [0.25, 0.3) is 0 Å². The molecule has 2 aromatic carbocycles. The lowest BCUT2D eigenvalue weighted by molar-refractivity contribution is -0.149. The number of nitrogen functional groups attached to an aromatic ring is 1. The second kappa shape index (κ2) is 12.4. The van der Waals surface area contributed by atoms with Gasteiger partial charge in [0.05, 0.1) is 17.2 Å². The summed E-state index contributed by atoms with van der Waals surface area (Å²) in [6.45, 7) is 5.82. The van der Waals surface area contributed by atoms with Gasteiger partial charge >= 0.3 is 19.4 Å². The van der Waals surface area contributed by atoms with Gasteiger partial charge in [0.1, 0.15) is 34.7 Å². The van der Waals surface area contributed by atoms with Crippen molar-refractivity contribution in [1.29, 1.82) is 0 Å². The van der Waals surface area contributed by atoms with E-state index >= 15 is 0 Å². The molecule has 0 spiro atoms. The Labute approximate surface area is 249 Å². The fourth-order valence-corrected chi connectivity index (χ4v) is 6.39. The van der Waals surface area contributed by atoms with Crippen LogP contribution in [-0.4, -0.2) is 56.5 Å². The summed E-state index contributed by atoms with van der Waals surface area (Å²) in [7, 11) is -4.33. The summed E-state index contributed by atoms with van der Waals surface area (Å²) in [4.78, 5) is 27.3. The lowest BCUT2D eigenvalue weighted by Crippen LogP contribution is -2.42. The number of anilines is 1. The number of alkyl halides is 1. The van der Waals surface area contributed by atoms with Gasteiger partial charge in [-0.15, -0.1) is 11.6 Å². The molecule has 4 N–H and O–H groups in total. The number of hydrogen-bond acceptors (Lipinski definition) is 10. The van der Waals surface area contributed by atoms with Crippen molar-refractivity contribution in [2.75, 3.05) is 12.3 Å². The van der Waals surface area contributed by atoms with Crippen LogP contribution in [0.15, 0.2) is 57.9 Å². The van der Waals surface area contributed by atoms with Gasteiger partial charge in [0, 0.05) is 11.6 Å². The van der Waals surface area contributed by atoms with Crippen LogP contribution in [0.25, 0.3) is 10.8 Å². The number of ether oxygens (including phenoxy) is 2. The molecule has 12 nitrogen and oxygen atoms in total. The summed E-state index contributed by atoms with van der Waals surface area (Å²) in [5.74, 6) is -0.457. The summed E-state index contributed by atoms with van der Waals surface area (Å²) >= 11 is 9.87. The predicted octanol–water partition coefficient (Wildman–Crippen LogP) is 4.13. The van der Waals surface area contributed by atoms with Crippen LogP contribution in [0.1, 0.15) is 33.9 Å². The van der Waals surface area contributed by atoms with Crippen molar-refractivity contribution >= 4 is 57.8 Å². The zero-order chi connectivity index (χ0) is 30.1. The Morgan fingerprint density at radius 2 is 1.98 bits per heavy atom. The SMILES string of the molecule is CC(C)OC(=O)C(C)NP(=O)(OCC1OC(n2cc(Br)c(N)nc2=O)C(C)(Cl)C1O)Oc1cccc2ccccc12. The minimum atomic E-state index is -4.33. The number of benzene rings is 2. The number of aromatic nitrogens is 2. The maximum absolute atomic E-state index is 14.1. The molecule has 1 aliphatic heterocycles. The number of rotatable bonds is 10.